The first kappa shape index (κ1) is 12.8. The van der Waals surface area contributed by atoms with Gasteiger partial charge in [-0.05, 0) is 6.07 Å². The Balaban J connectivity index is 2.16. The van der Waals surface area contributed by atoms with E-state index in [4.69, 9.17) is 11.6 Å². The monoisotopic (exact) mass is 288 g/mol. The van der Waals surface area contributed by atoms with Crippen LogP contribution in [-0.2, 0) is 9.84 Å². The highest BCUT2D eigenvalue weighted by molar-refractivity contribution is 7.94. The molecule has 1 aromatic rings. The van der Waals surface area contributed by atoms with Crippen LogP contribution in [0.2, 0.25) is 5.02 Å². The first-order valence-electron chi connectivity index (χ1n) is 4.99. The Kier molecular flexibility index (Phi) is 3.27. The zero-order chi connectivity index (χ0) is 13.3. The molecule has 8 heteroatoms. The summed E-state index contributed by atoms with van der Waals surface area (Å²) in [5, 5.41) is 14.8. The summed E-state index contributed by atoms with van der Waals surface area (Å²) in [6.45, 7) is 0. The van der Waals surface area contributed by atoms with Crippen molar-refractivity contribution in [2.75, 3.05) is 11.1 Å². The van der Waals surface area contributed by atoms with Gasteiger partial charge in [0.2, 0.25) is 0 Å². The van der Waals surface area contributed by atoms with Crippen molar-refractivity contribution in [2.45, 2.75) is 6.04 Å². The van der Waals surface area contributed by atoms with Crippen molar-refractivity contribution in [2.24, 2.45) is 0 Å². The van der Waals surface area contributed by atoms with E-state index < -0.39 is 14.8 Å². The van der Waals surface area contributed by atoms with Crippen molar-refractivity contribution in [3.05, 3.63) is 44.8 Å². The Morgan fingerprint density at radius 3 is 2.67 bits per heavy atom. The molecule has 1 heterocycles. The van der Waals surface area contributed by atoms with Gasteiger partial charge in [-0.2, -0.15) is 0 Å². The molecule has 0 aliphatic carbocycles. The van der Waals surface area contributed by atoms with E-state index in [1.54, 1.807) is 0 Å². The van der Waals surface area contributed by atoms with Gasteiger partial charge >= 0.3 is 0 Å². The summed E-state index contributed by atoms with van der Waals surface area (Å²) in [6, 6.07) is 3.62. The van der Waals surface area contributed by atoms with Crippen LogP contribution in [0.5, 0.6) is 0 Å². The van der Waals surface area contributed by atoms with Crippen LogP contribution < -0.4 is 5.32 Å². The largest absolute Gasteiger partial charge is 0.377 e. The number of nitro benzene ring substituents is 1. The molecule has 0 radical (unpaired) electrons. The zero-order valence-corrected chi connectivity index (χ0v) is 10.6. The molecule has 2 rings (SSSR count). The van der Waals surface area contributed by atoms with Crippen LogP contribution in [0.25, 0.3) is 0 Å². The highest BCUT2D eigenvalue weighted by Crippen LogP contribution is 2.28. The predicted molar refractivity (Wildman–Crippen MR) is 68.4 cm³/mol. The molecule has 1 aliphatic heterocycles. The standard InChI is InChI=1S/C10H9ClN2O4S/c11-9-5-8(13(14)15)1-2-10(9)12-7-3-4-18(16,17)6-7/h1-5,7,12H,6H2. The molecule has 18 heavy (non-hydrogen) atoms. The maximum Gasteiger partial charge on any atom is 0.271 e. The van der Waals surface area contributed by atoms with Crippen LogP contribution in [0.3, 0.4) is 0 Å². The van der Waals surface area contributed by atoms with Crippen LogP contribution >= 0.6 is 11.6 Å². The third kappa shape index (κ3) is 2.80. The molecular weight excluding hydrogens is 280 g/mol. The van der Waals surface area contributed by atoms with Crippen LogP contribution in [0, 0.1) is 10.1 Å². The van der Waals surface area contributed by atoms with Crippen LogP contribution in [0.4, 0.5) is 11.4 Å². The fourth-order valence-electron chi connectivity index (χ4n) is 1.60. The molecule has 0 aromatic heterocycles. The summed E-state index contributed by atoms with van der Waals surface area (Å²) < 4.78 is 22.4. The maximum absolute atomic E-state index is 11.2. The lowest BCUT2D eigenvalue weighted by atomic mass is 10.2. The Morgan fingerprint density at radius 2 is 2.17 bits per heavy atom. The molecule has 1 N–H and O–H groups in total. The summed E-state index contributed by atoms with van der Waals surface area (Å²) in [5.41, 5.74) is 0.356. The normalized spacial score (nSPS) is 20.8. The van der Waals surface area contributed by atoms with Gasteiger partial charge in [-0.1, -0.05) is 17.7 Å². The molecule has 6 nitrogen and oxygen atoms in total. The Hall–Kier alpha value is -1.60. The highest BCUT2D eigenvalue weighted by atomic mass is 35.5. The van der Waals surface area contributed by atoms with Gasteiger partial charge in [-0.3, -0.25) is 10.1 Å². The van der Waals surface area contributed by atoms with Crippen molar-refractivity contribution in [3.8, 4) is 0 Å². The number of nitrogens with zero attached hydrogens (tertiary/aromatic N) is 1. The smallest absolute Gasteiger partial charge is 0.271 e. The number of hydrogen-bond donors (Lipinski definition) is 1. The quantitative estimate of drug-likeness (QED) is 0.678. The average molecular weight is 289 g/mol. The first-order chi connectivity index (χ1) is 8.37. The Bertz CT molecular complexity index is 627. The number of nitrogens with one attached hydrogen (secondary N) is 1. The van der Waals surface area contributed by atoms with Gasteiger partial charge < -0.3 is 5.32 Å². The molecule has 1 atom stereocenters. The van der Waals surface area contributed by atoms with Crippen molar-refractivity contribution in [1.29, 1.82) is 0 Å². The summed E-state index contributed by atoms with van der Waals surface area (Å²) in [6.07, 6.45) is 1.52. The van der Waals surface area contributed by atoms with Crippen molar-refractivity contribution >= 4 is 32.8 Å². The van der Waals surface area contributed by atoms with Crippen molar-refractivity contribution in [3.63, 3.8) is 0 Å². The second-order valence-electron chi connectivity index (χ2n) is 3.83. The van der Waals surface area contributed by atoms with Crippen LogP contribution in [-0.4, -0.2) is 25.1 Å². The van der Waals surface area contributed by atoms with E-state index in [9.17, 15) is 18.5 Å². The second-order valence-corrected chi connectivity index (χ2v) is 6.17. The lowest BCUT2D eigenvalue weighted by Crippen LogP contribution is -2.21. The third-order valence-electron chi connectivity index (χ3n) is 2.43. The lowest BCUT2D eigenvalue weighted by Gasteiger charge is -2.12. The predicted octanol–water partition coefficient (Wildman–Crippen LogP) is 1.97. The van der Waals surface area contributed by atoms with Gasteiger partial charge in [0.15, 0.2) is 9.84 Å². The molecule has 0 saturated heterocycles. The van der Waals surface area contributed by atoms with E-state index in [0.717, 1.165) is 5.41 Å². The molecule has 0 bridgehead atoms. The number of sulfone groups is 1. The average Bonchev–Trinajstić information content (AvgIpc) is 2.61. The molecule has 0 amide bonds. The number of non-ortho nitro benzene ring substituents is 1. The van der Waals surface area contributed by atoms with Gasteiger partial charge in [-0.25, -0.2) is 8.42 Å². The summed E-state index contributed by atoms with van der Waals surface area (Å²) in [4.78, 5) is 9.98. The number of nitro groups is 1. The molecule has 0 spiro atoms. The SMILES string of the molecule is O=[N+]([O-])c1ccc(NC2C=CS(=O)(=O)C2)c(Cl)c1. The molecule has 0 fully saturated rings. The van der Waals surface area contributed by atoms with Gasteiger partial charge in [0.1, 0.15) is 0 Å². The van der Waals surface area contributed by atoms with Gasteiger partial charge in [0.05, 0.1) is 27.4 Å². The molecule has 1 aliphatic rings. The minimum Gasteiger partial charge on any atom is -0.377 e. The van der Waals surface area contributed by atoms with E-state index >= 15 is 0 Å². The maximum atomic E-state index is 11.2. The van der Waals surface area contributed by atoms with Gasteiger partial charge in [-0.15, -0.1) is 0 Å². The van der Waals surface area contributed by atoms with E-state index in [-0.39, 0.29) is 22.5 Å². The summed E-state index contributed by atoms with van der Waals surface area (Å²) in [7, 11) is -3.14. The number of rotatable bonds is 3. The van der Waals surface area contributed by atoms with Gasteiger partial charge in [0.25, 0.3) is 5.69 Å². The molecule has 1 unspecified atom stereocenters. The van der Waals surface area contributed by atoms with E-state index in [1.165, 1.54) is 24.3 Å². The topological polar surface area (TPSA) is 89.3 Å². The number of hydrogen-bond acceptors (Lipinski definition) is 5. The number of halogens is 1. The minimum absolute atomic E-state index is 0.0414. The summed E-state index contributed by atoms with van der Waals surface area (Å²) >= 11 is 5.88. The molecular formula is C10H9ClN2O4S. The van der Waals surface area contributed by atoms with E-state index in [0.29, 0.717) is 5.69 Å². The van der Waals surface area contributed by atoms with Crippen LogP contribution in [0.1, 0.15) is 0 Å². The first-order valence-corrected chi connectivity index (χ1v) is 7.08. The van der Waals surface area contributed by atoms with E-state index in [1.807, 2.05) is 0 Å². The van der Waals surface area contributed by atoms with Gasteiger partial charge in [0, 0.05) is 17.5 Å². The Labute approximate surface area is 108 Å². The lowest BCUT2D eigenvalue weighted by molar-refractivity contribution is -0.384. The second kappa shape index (κ2) is 4.58. The molecule has 0 saturated carbocycles. The minimum atomic E-state index is -3.14. The summed E-state index contributed by atoms with van der Waals surface area (Å²) in [5.74, 6) is -0.0414. The Morgan fingerprint density at radius 1 is 1.44 bits per heavy atom. The molecule has 96 valence electrons. The fourth-order valence-corrected chi connectivity index (χ4v) is 3.06. The molecule has 1 aromatic carbocycles. The fraction of sp³-hybridized carbons (Fsp3) is 0.200. The van der Waals surface area contributed by atoms with E-state index in [2.05, 4.69) is 5.32 Å². The third-order valence-corrected chi connectivity index (χ3v) is 4.14. The highest BCUT2D eigenvalue weighted by Gasteiger charge is 2.22. The van der Waals surface area contributed by atoms with Crippen molar-refractivity contribution in [1.82, 2.24) is 0 Å². The van der Waals surface area contributed by atoms with Crippen LogP contribution in [0.15, 0.2) is 29.7 Å². The number of benzene rings is 1. The van der Waals surface area contributed by atoms with Crippen molar-refractivity contribution < 1.29 is 13.3 Å². The number of anilines is 1. The zero-order valence-electron chi connectivity index (χ0n) is 9.04.